The molecule has 10 nitrogen and oxygen atoms in total. The van der Waals surface area contributed by atoms with Gasteiger partial charge in [0.25, 0.3) is 0 Å². The van der Waals surface area contributed by atoms with E-state index in [1.165, 1.54) is 19.4 Å². The number of aromatic nitrogens is 4. The molecule has 34 heavy (non-hydrogen) atoms. The van der Waals surface area contributed by atoms with Crippen LogP contribution in [0.4, 0.5) is 11.6 Å². The van der Waals surface area contributed by atoms with Gasteiger partial charge in [0.15, 0.2) is 28.3 Å². The Kier molecular flexibility index (Phi) is 6.75. The van der Waals surface area contributed by atoms with E-state index in [2.05, 4.69) is 29.4 Å². The van der Waals surface area contributed by atoms with Crippen molar-refractivity contribution in [2.45, 2.75) is 6.92 Å². The molecule has 0 fully saturated rings. The van der Waals surface area contributed by atoms with Crippen molar-refractivity contribution in [2.75, 3.05) is 16.6 Å². The van der Waals surface area contributed by atoms with Gasteiger partial charge in [0.05, 0.1) is 7.11 Å². The van der Waals surface area contributed by atoms with Crippen molar-refractivity contribution in [3.05, 3.63) is 77.8 Å². The number of para-hydroxylation sites is 2. The second kappa shape index (κ2) is 9.89. The molecular weight excluding hydrogens is 480 g/mol. The van der Waals surface area contributed by atoms with Gasteiger partial charge in [-0.1, -0.05) is 29.8 Å². The van der Waals surface area contributed by atoms with Gasteiger partial charge in [-0.15, -0.1) is 0 Å². The number of anilines is 2. The zero-order chi connectivity index (χ0) is 24.1. The highest BCUT2D eigenvalue weighted by Gasteiger charge is 2.22. The molecule has 3 heterocycles. The average Bonchev–Trinajstić information content (AvgIpc) is 2.83. The molecule has 0 aliphatic rings. The average molecular weight is 499 g/mol. The molecule has 4 rings (SSSR count). The largest absolute Gasteiger partial charge is 0.493 e. The van der Waals surface area contributed by atoms with Crippen molar-refractivity contribution in [2.24, 2.45) is 0 Å². The second-order valence-corrected chi connectivity index (χ2v) is 8.71. The lowest BCUT2D eigenvalue weighted by Crippen LogP contribution is -2.23. The van der Waals surface area contributed by atoms with Crippen LogP contribution in [0.1, 0.15) is 5.56 Å². The van der Waals surface area contributed by atoms with E-state index in [1.54, 1.807) is 54.9 Å². The van der Waals surface area contributed by atoms with E-state index < -0.39 is 10.2 Å². The zero-order valence-corrected chi connectivity index (χ0v) is 19.6. The summed E-state index contributed by atoms with van der Waals surface area (Å²) in [5.74, 6) is 0.711. The third-order valence-electron chi connectivity index (χ3n) is 4.43. The highest BCUT2D eigenvalue weighted by molar-refractivity contribution is 7.94. The predicted octanol–water partition coefficient (Wildman–Crippen LogP) is 4.47. The summed E-state index contributed by atoms with van der Waals surface area (Å²) in [4.78, 5) is 16.7. The summed E-state index contributed by atoms with van der Waals surface area (Å²) < 4.78 is 41.7. The fourth-order valence-corrected chi connectivity index (χ4v) is 3.89. The highest BCUT2D eigenvalue weighted by Crippen LogP contribution is 2.39. The molecule has 4 aromatic rings. The summed E-state index contributed by atoms with van der Waals surface area (Å²) in [5.41, 5.74) is 1.46. The first kappa shape index (κ1) is 23.2. The molecular formula is C22H19ClN6O4S. The Hall–Kier alpha value is -3.96. The van der Waals surface area contributed by atoms with E-state index in [9.17, 15) is 8.42 Å². The Labute approximate surface area is 201 Å². The van der Waals surface area contributed by atoms with Crippen molar-refractivity contribution in [3.63, 3.8) is 0 Å². The summed E-state index contributed by atoms with van der Waals surface area (Å²) in [5, 5.41) is -0.112. The van der Waals surface area contributed by atoms with Gasteiger partial charge in [-0.25, -0.2) is 19.7 Å². The van der Waals surface area contributed by atoms with E-state index in [0.717, 1.165) is 5.56 Å². The number of pyridine rings is 2. The van der Waals surface area contributed by atoms with Crippen LogP contribution in [-0.2, 0) is 10.2 Å². The van der Waals surface area contributed by atoms with Gasteiger partial charge in [0.1, 0.15) is 5.82 Å². The highest BCUT2D eigenvalue weighted by atomic mass is 35.5. The monoisotopic (exact) mass is 498 g/mol. The fourth-order valence-electron chi connectivity index (χ4n) is 2.84. The number of halogens is 1. The normalized spacial score (nSPS) is 11.0. The first-order valence-electron chi connectivity index (χ1n) is 9.86. The minimum Gasteiger partial charge on any atom is -0.493 e. The zero-order valence-electron chi connectivity index (χ0n) is 18.1. The van der Waals surface area contributed by atoms with Crippen molar-refractivity contribution >= 4 is 33.4 Å². The molecule has 0 saturated heterocycles. The van der Waals surface area contributed by atoms with Crippen LogP contribution in [0.3, 0.4) is 0 Å². The molecule has 3 aromatic heterocycles. The topological polar surface area (TPSA) is 128 Å². The maximum atomic E-state index is 12.9. The van der Waals surface area contributed by atoms with E-state index in [4.69, 9.17) is 21.1 Å². The molecule has 2 N–H and O–H groups in total. The Morgan fingerprint density at radius 1 is 0.941 bits per heavy atom. The minimum absolute atomic E-state index is 0.105. The SMILES string of the molecule is COc1ccccc1Oc1c(Cl)nc(-c2ccncc2)nc1NS(=O)(=O)Nc1ccc(C)cn1. The van der Waals surface area contributed by atoms with Gasteiger partial charge in [-0.2, -0.15) is 8.42 Å². The van der Waals surface area contributed by atoms with Gasteiger partial charge in [0, 0.05) is 24.2 Å². The van der Waals surface area contributed by atoms with Crippen LogP contribution < -0.4 is 18.9 Å². The van der Waals surface area contributed by atoms with Crippen LogP contribution in [0.5, 0.6) is 17.2 Å². The number of rotatable bonds is 8. The molecule has 0 unspecified atom stereocenters. The maximum absolute atomic E-state index is 12.9. The minimum atomic E-state index is -4.18. The van der Waals surface area contributed by atoms with Crippen molar-refractivity contribution in [1.29, 1.82) is 0 Å². The van der Waals surface area contributed by atoms with Gasteiger partial charge in [0.2, 0.25) is 5.75 Å². The number of hydrogen-bond acceptors (Lipinski definition) is 8. The van der Waals surface area contributed by atoms with E-state index >= 15 is 0 Å². The van der Waals surface area contributed by atoms with Crippen molar-refractivity contribution in [1.82, 2.24) is 19.9 Å². The number of benzene rings is 1. The molecule has 12 heteroatoms. The summed E-state index contributed by atoms with van der Waals surface area (Å²) in [6.07, 6.45) is 4.65. The number of ether oxygens (including phenoxy) is 2. The summed E-state index contributed by atoms with van der Waals surface area (Å²) in [6.45, 7) is 1.84. The van der Waals surface area contributed by atoms with E-state index in [1.807, 2.05) is 6.92 Å². The Morgan fingerprint density at radius 3 is 2.35 bits per heavy atom. The number of methoxy groups -OCH3 is 1. The van der Waals surface area contributed by atoms with Crippen LogP contribution in [0.25, 0.3) is 11.4 Å². The molecule has 0 aliphatic heterocycles. The smallest absolute Gasteiger partial charge is 0.323 e. The number of nitrogens with one attached hydrogen (secondary N) is 2. The first-order chi connectivity index (χ1) is 16.3. The fraction of sp³-hybridized carbons (Fsp3) is 0.0909. The molecule has 0 bridgehead atoms. The molecule has 1 aromatic carbocycles. The first-order valence-corrected chi connectivity index (χ1v) is 11.7. The van der Waals surface area contributed by atoms with Crippen LogP contribution in [0.2, 0.25) is 5.15 Å². The third kappa shape index (κ3) is 5.50. The summed E-state index contributed by atoms with van der Waals surface area (Å²) >= 11 is 6.44. The van der Waals surface area contributed by atoms with Gasteiger partial charge in [-0.3, -0.25) is 9.71 Å². The Balaban J connectivity index is 1.75. The molecule has 0 radical (unpaired) electrons. The second-order valence-electron chi connectivity index (χ2n) is 6.93. The Bertz CT molecular complexity index is 1400. The predicted molar refractivity (Wildman–Crippen MR) is 128 cm³/mol. The quantitative estimate of drug-likeness (QED) is 0.340. The van der Waals surface area contributed by atoms with Crippen LogP contribution in [-0.4, -0.2) is 35.5 Å². The van der Waals surface area contributed by atoms with Crippen LogP contribution in [0.15, 0.2) is 67.1 Å². The van der Waals surface area contributed by atoms with Crippen LogP contribution >= 0.6 is 11.6 Å². The lowest BCUT2D eigenvalue weighted by atomic mass is 10.2. The van der Waals surface area contributed by atoms with E-state index in [0.29, 0.717) is 17.1 Å². The summed E-state index contributed by atoms with van der Waals surface area (Å²) in [7, 11) is -2.70. The summed E-state index contributed by atoms with van der Waals surface area (Å²) in [6, 6.07) is 13.4. The number of nitrogens with zero attached hydrogens (tertiary/aromatic N) is 4. The molecule has 174 valence electrons. The molecule has 0 atom stereocenters. The van der Waals surface area contributed by atoms with Gasteiger partial charge < -0.3 is 9.47 Å². The number of hydrogen-bond donors (Lipinski definition) is 2. The van der Waals surface area contributed by atoms with Crippen molar-refractivity contribution in [3.8, 4) is 28.6 Å². The Morgan fingerprint density at radius 2 is 1.68 bits per heavy atom. The van der Waals surface area contributed by atoms with Crippen LogP contribution in [0, 0.1) is 6.92 Å². The third-order valence-corrected chi connectivity index (χ3v) is 5.62. The van der Waals surface area contributed by atoms with E-state index in [-0.39, 0.29) is 28.4 Å². The molecule has 0 spiro atoms. The lowest BCUT2D eigenvalue weighted by molar-refractivity contribution is 0.378. The van der Waals surface area contributed by atoms with Gasteiger partial charge in [-0.05, 0) is 42.8 Å². The molecule has 0 aliphatic carbocycles. The lowest BCUT2D eigenvalue weighted by Gasteiger charge is -2.16. The molecule has 0 amide bonds. The standard InChI is InChI=1S/C22H19ClN6O4S/c1-14-7-8-18(25-13-14)28-34(30,31)29-22-19(33-17-6-4-3-5-16(17)32-2)20(23)26-21(27-22)15-9-11-24-12-10-15/h3-13H,1-2H3,(H,25,28)(H,26,27,29). The van der Waals surface area contributed by atoms with Gasteiger partial charge >= 0.3 is 10.2 Å². The number of aryl methyl sites for hydroxylation is 1. The maximum Gasteiger partial charge on any atom is 0.323 e. The van der Waals surface area contributed by atoms with Crippen molar-refractivity contribution < 1.29 is 17.9 Å². The molecule has 0 saturated carbocycles.